The zero-order chi connectivity index (χ0) is 32.2. The number of aliphatic hydroxyl groups is 1. The number of nitrogens with one attached hydrogen (secondary N) is 2. The highest BCUT2D eigenvalue weighted by Crippen LogP contribution is 2.39. The number of benzene rings is 3. The fraction of sp³-hybridized carbons (Fsp3) is 0.400. The fourth-order valence-corrected chi connectivity index (χ4v) is 6.39. The minimum Gasteiger partial charge on any atom is -0.453 e. The van der Waals surface area contributed by atoms with E-state index in [2.05, 4.69) is 15.2 Å². The van der Waals surface area contributed by atoms with Gasteiger partial charge in [-0.1, -0.05) is 48.5 Å². The maximum atomic E-state index is 12.8. The lowest BCUT2D eigenvalue weighted by Gasteiger charge is -2.40. The van der Waals surface area contributed by atoms with Crippen LogP contribution < -0.4 is 11.0 Å². The first kappa shape index (κ1) is 31.7. The van der Waals surface area contributed by atoms with Gasteiger partial charge in [0.2, 0.25) is 0 Å². The number of aromatic amines is 1. The van der Waals surface area contributed by atoms with E-state index in [4.69, 9.17) is 14.2 Å². The number of para-hydroxylation sites is 2. The van der Waals surface area contributed by atoms with Crippen molar-refractivity contribution >= 4 is 28.6 Å². The highest BCUT2D eigenvalue weighted by molar-refractivity contribution is 5.94. The van der Waals surface area contributed by atoms with Gasteiger partial charge in [-0.3, -0.25) is 14.2 Å². The Morgan fingerprint density at radius 3 is 2.39 bits per heavy atom. The number of esters is 1. The molecule has 4 unspecified atom stereocenters. The number of piperidine rings is 1. The number of H-pyrrole nitrogens is 1. The molecule has 0 radical (unpaired) electrons. The summed E-state index contributed by atoms with van der Waals surface area (Å²) >= 11 is 0. The SMILES string of the molecule is CC(=O)OC(C)C(=O)Nc1ccc(C2OC(CN3CCC(n4c(=O)[nH]c5ccccc54)CC3)CC(c3ccc(CO)cc3)O2)cc1. The van der Waals surface area contributed by atoms with Gasteiger partial charge in [0, 0.05) is 50.3 Å². The molecular formula is C35H40N4O7. The molecule has 2 saturated heterocycles. The molecule has 1 aromatic heterocycles. The van der Waals surface area contributed by atoms with E-state index in [0.29, 0.717) is 12.1 Å². The molecule has 3 N–H and O–H groups in total. The summed E-state index contributed by atoms with van der Waals surface area (Å²) in [5.74, 6) is -0.938. The molecular weight excluding hydrogens is 588 g/mol. The predicted molar refractivity (Wildman–Crippen MR) is 172 cm³/mol. The summed E-state index contributed by atoms with van der Waals surface area (Å²) in [6, 6.07) is 23.0. The molecule has 4 aromatic rings. The van der Waals surface area contributed by atoms with Gasteiger partial charge in [-0.25, -0.2) is 4.79 Å². The molecule has 46 heavy (non-hydrogen) atoms. The Bertz CT molecular complexity index is 1710. The van der Waals surface area contributed by atoms with Crippen LogP contribution in [0.15, 0.2) is 77.6 Å². The van der Waals surface area contributed by atoms with Gasteiger partial charge in [-0.05, 0) is 55.2 Å². The Balaban J connectivity index is 1.14. The van der Waals surface area contributed by atoms with Crippen molar-refractivity contribution in [2.24, 2.45) is 0 Å². The number of aromatic nitrogens is 2. The number of rotatable bonds is 9. The van der Waals surface area contributed by atoms with Gasteiger partial charge in [-0.2, -0.15) is 0 Å². The summed E-state index contributed by atoms with van der Waals surface area (Å²) in [6.07, 6.45) is 0.523. The number of ether oxygens (including phenoxy) is 3. The van der Waals surface area contributed by atoms with E-state index in [-0.39, 0.29) is 30.5 Å². The van der Waals surface area contributed by atoms with Gasteiger partial charge < -0.3 is 34.5 Å². The van der Waals surface area contributed by atoms with Crippen LogP contribution in [0, 0.1) is 0 Å². The zero-order valence-corrected chi connectivity index (χ0v) is 26.1. The molecule has 242 valence electrons. The minimum absolute atomic E-state index is 0.0245. The Labute approximate surface area is 267 Å². The first-order valence-electron chi connectivity index (χ1n) is 15.8. The van der Waals surface area contributed by atoms with E-state index in [1.165, 1.54) is 13.8 Å². The maximum absolute atomic E-state index is 12.8. The minimum atomic E-state index is -0.908. The van der Waals surface area contributed by atoms with Crippen LogP contribution in [0.1, 0.15) is 68.2 Å². The summed E-state index contributed by atoms with van der Waals surface area (Å²) < 4.78 is 19.9. The number of carbonyl (C=O) groups excluding carboxylic acids is 2. The fourth-order valence-electron chi connectivity index (χ4n) is 6.39. The number of hydrogen-bond acceptors (Lipinski definition) is 8. The molecule has 0 bridgehead atoms. The number of aliphatic hydroxyl groups excluding tert-OH is 1. The van der Waals surface area contributed by atoms with Crippen molar-refractivity contribution < 1.29 is 28.9 Å². The molecule has 2 aliphatic rings. The molecule has 4 atom stereocenters. The van der Waals surface area contributed by atoms with E-state index in [9.17, 15) is 19.5 Å². The number of fused-ring (bicyclic) bond motifs is 1. The van der Waals surface area contributed by atoms with Gasteiger partial charge >= 0.3 is 11.7 Å². The summed E-state index contributed by atoms with van der Waals surface area (Å²) in [6.45, 7) is 5.18. The Morgan fingerprint density at radius 2 is 1.70 bits per heavy atom. The molecule has 11 nitrogen and oxygen atoms in total. The van der Waals surface area contributed by atoms with Crippen LogP contribution in [0.4, 0.5) is 5.69 Å². The Hall–Kier alpha value is -4.29. The normalized spacial score (nSPS) is 21.6. The largest absolute Gasteiger partial charge is 0.453 e. The van der Waals surface area contributed by atoms with Gasteiger partial charge in [-0.15, -0.1) is 0 Å². The number of hydrogen-bond donors (Lipinski definition) is 3. The topological polar surface area (TPSA) is 135 Å². The van der Waals surface area contributed by atoms with E-state index < -0.39 is 24.3 Å². The van der Waals surface area contributed by atoms with Gasteiger partial charge in [0.05, 0.1) is 29.8 Å². The molecule has 0 saturated carbocycles. The zero-order valence-electron chi connectivity index (χ0n) is 26.1. The lowest BCUT2D eigenvalue weighted by atomic mass is 9.98. The lowest BCUT2D eigenvalue weighted by Crippen LogP contribution is -2.43. The Kier molecular flexibility index (Phi) is 9.64. The summed E-state index contributed by atoms with van der Waals surface area (Å²) in [7, 11) is 0. The van der Waals surface area contributed by atoms with Crippen molar-refractivity contribution in [3.05, 3.63) is 100.0 Å². The third kappa shape index (κ3) is 7.23. The van der Waals surface area contributed by atoms with Gasteiger partial charge in [0.25, 0.3) is 5.91 Å². The number of carbonyl (C=O) groups is 2. The summed E-state index contributed by atoms with van der Waals surface area (Å²) in [5, 5.41) is 12.3. The third-order valence-electron chi connectivity index (χ3n) is 8.79. The van der Waals surface area contributed by atoms with Crippen molar-refractivity contribution in [1.29, 1.82) is 0 Å². The average Bonchev–Trinajstić information content (AvgIpc) is 3.40. The highest BCUT2D eigenvalue weighted by atomic mass is 16.7. The van der Waals surface area contributed by atoms with Crippen molar-refractivity contribution in [2.45, 2.75) is 70.4 Å². The highest BCUT2D eigenvalue weighted by Gasteiger charge is 2.34. The molecule has 3 aromatic carbocycles. The predicted octanol–water partition coefficient (Wildman–Crippen LogP) is 4.59. The van der Waals surface area contributed by atoms with E-state index in [1.807, 2.05) is 65.2 Å². The second-order valence-corrected chi connectivity index (χ2v) is 12.1. The Morgan fingerprint density at radius 1 is 1.00 bits per heavy atom. The maximum Gasteiger partial charge on any atom is 0.326 e. The molecule has 3 heterocycles. The van der Waals surface area contributed by atoms with Crippen LogP contribution in [-0.2, 0) is 30.4 Å². The molecule has 11 heteroatoms. The summed E-state index contributed by atoms with van der Waals surface area (Å²) in [4.78, 5) is 41.8. The van der Waals surface area contributed by atoms with Crippen LogP contribution in [-0.4, -0.2) is 63.3 Å². The van der Waals surface area contributed by atoms with Crippen LogP contribution in [0.5, 0.6) is 0 Å². The smallest absolute Gasteiger partial charge is 0.326 e. The first-order valence-corrected chi connectivity index (χ1v) is 15.8. The van der Waals surface area contributed by atoms with Crippen LogP contribution in [0.25, 0.3) is 11.0 Å². The van der Waals surface area contributed by atoms with Crippen molar-refractivity contribution in [2.75, 3.05) is 25.0 Å². The van der Waals surface area contributed by atoms with Crippen molar-refractivity contribution in [1.82, 2.24) is 14.5 Å². The van der Waals surface area contributed by atoms with Gasteiger partial charge in [0.15, 0.2) is 12.4 Å². The summed E-state index contributed by atoms with van der Waals surface area (Å²) in [5.41, 5.74) is 4.97. The first-order chi connectivity index (χ1) is 22.3. The molecule has 2 fully saturated rings. The molecule has 0 spiro atoms. The number of nitrogens with zero attached hydrogens (tertiary/aromatic N) is 2. The number of anilines is 1. The second-order valence-electron chi connectivity index (χ2n) is 12.1. The number of amides is 1. The number of imidazole rings is 1. The third-order valence-corrected chi connectivity index (χ3v) is 8.79. The lowest BCUT2D eigenvalue weighted by molar-refractivity contribution is -0.253. The molecule has 0 aliphatic carbocycles. The van der Waals surface area contributed by atoms with Crippen molar-refractivity contribution in [3.63, 3.8) is 0 Å². The quantitative estimate of drug-likeness (QED) is 0.229. The second kappa shape index (κ2) is 14.0. The van der Waals surface area contributed by atoms with Crippen LogP contribution >= 0.6 is 0 Å². The van der Waals surface area contributed by atoms with Crippen LogP contribution in [0.2, 0.25) is 0 Å². The molecule has 2 aliphatic heterocycles. The van der Waals surface area contributed by atoms with Crippen molar-refractivity contribution in [3.8, 4) is 0 Å². The monoisotopic (exact) mass is 628 g/mol. The molecule has 1 amide bonds. The molecule has 6 rings (SSSR count). The van der Waals surface area contributed by atoms with E-state index in [1.54, 1.807) is 12.1 Å². The van der Waals surface area contributed by atoms with Gasteiger partial charge in [0.1, 0.15) is 0 Å². The van der Waals surface area contributed by atoms with E-state index in [0.717, 1.165) is 60.2 Å². The van der Waals surface area contributed by atoms with Crippen LogP contribution in [0.3, 0.4) is 0 Å². The average molecular weight is 629 g/mol. The standard InChI is InChI=1S/C35H40N4O7/c1-22(44-23(2)41)33(42)36-27-13-11-26(12-14-27)34-45-29(19-32(46-34)25-9-7-24(21-40)8-10-25)20-38-17-15-28(16-18-38)39-31-6-4-3-5-30(31)37-35(39)43/h3-14,22,28-29,32,34,40H,15-21H2,1-2H3,(H,36,42)(H,37,43). The van der Waals surface area contributed by atoms with E-state index >= 15 is 0 Å². The number of likely N-dealkylation sites (tertiary alicyclic amines) is 1.